The van der Waals surface area contributed by atoms with Gasteiger partial charge in [0.05, 0.1) is 19.1 Å². The Labute approximate surface area is 121 Å². The summed E-state index contributed by atoms with van der Waals surface area (Å²) in [6.45, 7) is 9.18. The third-order valence-corrected chi connectivity index (χ3v) is 3.52. The highest BCUT2D eigenvalue weighted by molar-refractivity contribution is 5.89. The van der Waals surface area contributed by atoms with Gasteiger partial charge in [-0.3, -0.25) is 9.59 Å². The van der Waals surface area contributed by atoms with Crippen LogP contribution in [0.15, 0.2) is 0 Å². The van der Waals surface area contributed by atoms with Crippen LogP contribution in [0.25, 0.3) is 0 Å². The predicted molar refractivity (Wildman–Crippen MR) is 77.0 cm³/mol. The summed E-state index contributed by atoms with van der Waals surface area (Å²) in [7, 11) is 0. The number of hydrogen-bond donors (Lipinski definition) is 2. The van der Waals surface area contributed by atoms with Gasteiger partial charge in [-0.15, -0.1) is 0 Å². The molecule has 116 valence electrons. The van der Waals surface area contributed by atoms with Gasteiger partial charge in [0.25, 0.3) is 0 Å². The largest absolute Gasteiger partial charge is 0.377 e. The number of carbonyl (C=O) groups is 2. The molecule has 1 saturated heterocycles. The Morgan fingerprint density at radius 2 is 2.00 bits per heavy atom. The van der Waals surface area contributed by atoms with Gasteiger partial charge in [-0.1, -0.05) is 13.8 Å². The van der Waals surface area contributed by atoms with E-state index < -0.39 is 6.04 Å². The van der Waals surface area contributed by atoms with Crippen LogP contribution in [0, 0.1) is 11.8 Å². The van der Waals surface area contributed by atoms with Crippen LogP contribution in [0.3, 0.4) is 0 Å². The molecule has 6 nitrogen and oxygen atoms in total. The summed E-state index contributed by atoms with van der Waals surface area (Å²) >= 11 is 0. The van der Waals surface area contributed by atoms with Crippen LogP contribution in [0.1, 0.15) is 27.7 Å². The number of nitrogens with two attached hydrogens (primary N) is 1. The molecule has 0 radical (unpaired) electrons. The van der Waals surface area contributed by atoms with Crippen LogP contribution in [-0.4, -0.2) is 55.1 Å². The normalized spacial score (nSPS) is 21.1. The molecule has 0 aromatic rings. The number of amides is 2. The van der Waals surface area contributed by atoms with Gasteiger partial charge in [0.15, 0.2) is 0 Å². The molecule has 1 rings (SSSR count). The fourth-order valence-corrected chi connectivity index (χ4v) is 2.34. The van der Waals surface area contributed by atoms with Crippen molar-refractivity contribution in [3.63, 3.8) is 0 Å². The second-order valence-corrected chi connectivity index (χ2v) is 5.87. The molecule has 1 fully saturated rings. The molecular weight excluding hydrogens is 258 g/mol. The zero-order chi connectivity index (χ0) is 15.3. The first-order valence-electron chi connectivity index (χ1n) is 7.27. The third kappa shape index (κ3) is 4.18. The van der Waals surface area contributed by atoms with Gasteiger partial charge in [-0.2, -0.15) is 0 Å². The summed E-state index contributed by atoms with van der Waals surface area (Å²) in [5.41, 5.74) is 5.70. The summed E-state index contributed by atoms with van der Waals surface area (Å²) in [5.74, 6) is -0.297. The number of carbonyl (C=O) groups excluding carboxylic acids is 2. The van der Waals surface area contributed by atoms with E-state index in [1.54, 1.807) is 4.90 Å². The molecule has 20 heavy (non-hydrogen) atoms. The third-order valence-electron chi connectivity index (χ3n) is 3.52. The summed E-state index contributed by atoms with van der Waals surface area (Å²) in [6, 6.07) is -0.511. The number of ether oxygens (including phenoxy) is 1. The number of hydrogen-bond acceptors (Lipinski definition) is 4. The lowest BCUT2D eigenvalue weighted by Crippen LogP contribution is -2.58. The van der Waals surface area contributed by atoms with Crippen molar-refractivity contribution in [2.45, 2.75) is 39.8 Å². The maximum atomic E-state index is 12.6. The molecule has 2 atom stereocenters. The lowest BCUT2D eigenvalue weighted by atomic mass is 9.93. The summed E-state index contributed by atoms with van der Waals surface area (Å²) in [4.78, 5) is 26.4. The molecular formula is C14H27N3O3. The standard InChI is InChI=1S/C14H27N3O3/c1-9(2)11(7-15)14(19)17-5-6-20-8-12(17)13(18)16-10(3)4/h9-12H,5-8,15H2,1-4H3,(H,16,18). The highest BCUT2D eigenvalue weighted by Gasteiger charge is 2.36. The van der Waals surface area contributed by atoms with Gasteiger partial charge in [-0.05, 0) is 19.8 Å². The van der Waals surface area contributed by atoms with Crippen molar-refractivity contribution in [1.29, 1.82) is 0 Å². The molecule has 0 aliphatic carbocycles. The molecule has 0 spiro atoms. The molecule has 0 bridgehead atoms. The predicted octanol–water partition coefficient (Wildman–Crippen LogP) is -0.0307. The molecule has 0 saturated carbocycles. The van der Waals surface area contributed by atoms with Crippen molar-refractivity contribution < 1.29 is 14.3 Å². The molecule has 1 aliphatic rings. The van der Waals surface area contributed by atoms with Crippen molar-refractivity contribution in [3.8, 4) is 0 Å². The number of nitrogens with one attached hydrogen (secondary N) is 1. The first kappa shape index (κ1) is 16.9. The smallest absolute Gasteiger partial charge is 0.245 e. The molecule has 3 N–H and O–H groups in total. The van der Waals surface area contributed by atoms with E-state index >= 15 is 0 Å². The van der Waals surface area contributed by atoms with Gasteiger partial charge in [-0.25, -0.2) is 0 Å². The van der Waals surface area contributed by atoms with E-state index in [0.29, 0.717) is 19.7 Å². The number of morpholine rings is 1. The lowest BCUT2D eigenvalue weighted by Gasteiger charge is -2.37. The lowest BCUT2D eigenvalue weighted by molar-refractivity contribution is -0.152. The van der Waals surface area contributed by atoms with Crippen molar-refractivity contribution >= 4 is 11.8 Å². The van der Waals surface area contributed by atoms with Crippen LogP contribution in [-0.2, 0) is 14.3 Å². The zero-order valence-corrected chi connectivity index (χ0v) is 12.9. The number of nitrogens with zero attached hydrogens (tertiary/aromatic N) is 1. The van der Waals surface area contributed by atoms with E-state index in [1.807, 2.05) is 27.7 Å². The molecule has 1 aliphatic heterocycles. The minimum absolute atomic E-state index is 0.0387. The number of rotatable bonds is 5. The van der Waals surface area contributed by atoms with Crippen molar-refractivity contribution in [3.05, 3.63) is 0 Å². The van der Waals surface area contributed by atoms with Crippen LogP contribution >= 0.6 is 0 Å². The Balaban J connectivity index is 2.82. The van der Waals surface area contributed by atoms with Gasteiger partial charge >= 0.3 is 0 Å². The van der Waals surface area contributed by atoms with Crippen LogP contribution < -0.4 is 11.1 Å². The van der Waals surface area contributed by atoms with E-state index in [2.05, 4.69) is 5.32 Å². The minimum atomic E-state index is -0.550. The Kier molecular flexibility index (Phi) is 6.42. The Hall–Kier alpha value is -1.14. The van der Waals surface area contributed by atoms with Gasteiger partial charge < -0.3 is 20.7 Å². The minimum Gasteiger partial charge on any atom is -0.377 e. The van der Waals surface area contributed by atoms with E-state index in [4.69, 9.17) is 10.5 Å². The first-order chi connectivity index (χ1) is 9.38. The highest BCUT2D eigenvalue weighted by atomic mass is 16.5. The highest BCUT2D eigenvalue weighted by Crippen LogP contribution is 2.17. The molecule has 1 heterocycles. The van der Waals surface area contributed by atoms with Crippen molar-refractivity contribution in [2.24, 2.45) is 17.6 Å². The second-order valence-electron chi connectivity index (χ2n) is 5.87. The Bertz CT molecular complexity index is 345. The van der Waals surface area contributed by atoms with Crippen LogP contribution in [0.4, 0.5) is 0 Å². The van der Waals surface area contributed by atoms with Crippen LogP contribution in [0.2, 0.25) is 0 Å². The average Bonchev–Trinajstić information content (AvgIpc) is 2.38. The van der Waals surface area contributed by atoms with E-state index in [9.17, 15) is 9.59 Å². The average molecular weight is 285 g/mol. The second kappa shape index (κ2) is 7.59. The molecule has 6 heteroatoms. The SMILES string of the molecule is CC(C)NC(=O)C1COCCN1C(=O)C(CN)C(C)C. The summed E-state index contributed by atoms with van der Waals surface area (Å²) < 4.78 is 5.35. The van der Waals surface area contributed by atoms with Crippen molar-refractivity contribution in [2.75, 3.05) is 26.3 Å². The fourth-order valence-electron chi connectivity index (χ4n) is 2.34. The zero-order valence-electron chi connectivity index (χ0n) is 12.9. The van der Waals surface area contributed by atoms with E-state index in [0.717, 1.165) is 0 Å². The molecule has 2 unspecified atom stereocenters. The van der Waals surface area contributed by atoms with Crippen molar-refractivity contribution in [1.82, 2.24) is 10.2 Å². The molecule has 2 amide bonds. The fraction of sp³-hybridized carbons (Fsp3) is 0.857. The van der Waals surface area contributed by atoms with Crippen LogP contribution in [0.5, 0.6) is 0 Å². The maximum Gasteiger partial charge on any atom is 0.245 e. The Morgan fingerprint density at radius 3 is 2.50 bits per heavy atom. The maximum absolute atomic E-state index is 12.6. The molecule has 0 aromatic carbocycles. The summed E-state index contributed by atoms with van der Waals surface area (Å²) in [6.07, 6.45) is 0. The van der Waals surface area contributed by atoms with Gasteiger partial charge in [0, 0.05) is 19.1 Å². The van der Waals surface area contributed by atoms with Gasteiger partial charge in [0.2, 0.25) is 11.8 Å². The summed E-state index contributed by atoms with van der Waals surface area (Å²) in [5, 5.41) is 2.84. The Morgan fingerprint density at radius 1 is 1.35 bits per heavy atom. The molecule has 0 aromatic heterocycles. The van der Waals surface area contributed by atoms with E-state index in [-0.39, 0.29) is 36.3 Å². The first-order valence-corrected chi connectivity index (χ1v) is 7.27. The van der Waals surface area contributed by atoms with E-state index in [1.165, 1.54) is 0 Å². The topological polar surface area (TPSA) is 84.7 Å². The quantitative estimate of drug-likeness (QED) is 0.743. The van der Waals surface area contributed by atoms with Gasteiger partial charge in [0.1, 0.15) is 6.04 Å². The monoisotopic (exact) mass is 285 g/mol.